The lowest BCUT2D eigenvalue weighted by molar-refractivity contribution is -0.132. The summed E-state index contributed by atoms with van der Waals surface area (Å²) < 4.78 is 5.84. The molecule has 1 aromatic carbocycles. The fourth-order valence-electron chi connectivity index (χ4n) is 4.38. The molecule has 1 saturated heterocycles. The number of ether oxygens (including phenoxy) is 1. The third-order valence-corrected chi connectivity index (χ3v) is 6.29. The van der Waals surface area contributed by atoms with Crippen LogP contribution in [0.15, 0.2) is 48.8 Å². The Bertz CT molecular complexity index is 1010. The first-order chi connectivity index (χ1) is 14.9. The predicted octanol–water partition coefficient (Wildman–Crippen LogP) is 5.43. The summed E-state index contributed by atoms with van der Waals surface area (Å²) in [5.74, 6) is 1.60. The summed E-state index contributed by atoms with van der Waals surface area (Å²) in [6.07, 6.45) is 7.20. The van der Waals surface area contributed by atoms with Crippen molar-refractivity contribution in [3.05, 3.63) is 59.9 Å². The molecule has 164 valence electrons. The highest BCUT2D eigenvalue weighted by Gasteiger charge is 2.25. The molecule has 2 aromatic heterocycles. The molecule has 1 aliphatic heterocycles. The third kappa shape index (κ3) is 5.09. The van der Waals surface area contributed by atoms with Gasteiger partial charge in [-0.2, -0.15) is 0 Å². The first-order valence-electron chi connectivity index (χ1n) is 11.3. The van der Waals surface area contributed by atoms with Crippen LogP contribution in [0, 0.1) is 0 Å². The summed E-state index contributed by atoms with van der Waals surface area (Å²) in [5, 5.41) is 1.21. The van der Waals surface area contributed by atoms with Crippen LogP contribution >= 0.6 is 0 Å². The Balaban J connectivity index is 1.20. The number of aromatic nitrogens is 2. The number of carbonyl (C=O) groups excluding carboxylic acids is 1. The standard InChI is InChI=1S/C26H33N3O2/c1-26(2,3)20-8-10-21(11-9-20)31-17-5-7-24(30)29-15-12-19(13-16-29)23-18-28-25-22(23)6-4-14-27-25/h4,6,8-11,14,18-19H,5,7,12-13,15-17H2,1-3H3,(H,27,28). The normalized spacial score (nSPS) is 15.4. The lowest BCUT2D eigenvalue weighted by Gasteiger charge is -2.32. The van der Waals surface area contributed by atoms with E-state index in [0.29, 0.717) is 18.9 Å². The molecule has 0 atom stereocenters. The van der Waals surface area contributed by atoms with Crippen LogP contribution in [0.1, 0.15) is 63.5 Å². The molecule has 5 heteroatoms. The number of rotatable bonds is 6. The van der Waals surface area contributed by atoms with Gasteiger partial charge in [0, 0.05) is 37.3 Å². The molecule has 0 radical (unpaired) electrons. The van der Waals surface area contributed by atoms with Gasteiger partial charge in [0.25, 0.3) is 0 Å². The van der Waals surface area contributed by atoms with Gasteiger partial charge >= 0.3 is 0 Å². The Morgan fingerprint density at radius 2 is 1.90 bits per heavy atom. The number of carbonyl (C=O) groups is 1. The topological polar surface area (TPSA) is 58.2 Å². The molecule has 0 spiro atoms. The van der Waals surface area contributed by atoms with Crippen LogP contribution in [0.5, 0.6) is 5.75 Å². The molecule has 1 aliphatic rings. The Hall–Kier alpha value is -2.82. The van der Waals surface area contributed by atoms with Gasteiger partial charge in [0.1, 0.15) is 11.4 Å². The van der Waals surface area contributed by atoms with E-state index in [1.807, 2.05) is 29.3 Å². The second kappa shape index (κ2) is 9.13. The number of hydrogen-bond donors (Lipinski definition) is 1. The van der Waals surface area contributed by atoms with E-state index in [1.165, 1.54) is 16.5 Å². The molecule has 1 amide bonds. The highest BCUT2D eigenvalue weighted by molar-refractivity contribution is 5.80. The second-order valence-corrected chi connectivity index (χ2v) is 9.53. The number of amides is 1. The molecular weight excluding hydrogens is 386 g/mol. The van der Waals surface area contributed by atoms with E-state index in [0.717, 1.165) is 43.7 Å². The summed E-state index contributed by atoms with van der Waals surface area (Å²) >= 11 is 0. The van der Waals surface area contributed by atoms with Crippen LogP contribution in [-0.2, 0) is 10.2 Å². The Morgan fingerprint density at radius 1 is 1.16 bits per heavy atom. The third-order valence-electron chi connectivity index (χ3n) is 6.29. The zero-order valence-electron chi connectivity index (χ0n) is 18.9. The van der Waals surface area contributed by atoms with Crippen LogP contribution in [0.4, 0.5) is 0 Å². The molecular formula is C26H33N3O2. The van der Waals surface area contributed by atoms with Gasteiger partial charge in [-0.1, -0.05) is 32.9 Å². The number of hydrogen-bond acceptors (Lipinski definition) is 3. The van der Waals surface area contributed by atoms with E-state index in [-0.39, 0.29) is 11.3 Å². The van der Waals surface area contributed by atoms with E-state index in [4.69, 9.17) is 4.74 Å². The zero-order chi connectivity index (χ0) is 21.8. The average molecular weight is 420 g/mol. The first-order valence-corrected chi connectivity index (χ1v) is 11.3. The minimum Gasteiger partial charge on any atom is -0.494 e. The maximum absolute atomic E-state index is 12.6. The van der Waals surface area contributed by atoms with Crippen LogP contribution < -0.4 is 4.74 Å². The fourth-order valence-corrected chi connectivity index (χ4v) is 4.38. The van der Waals surface area contributed by atoms with Crippen LogP contribution in [0.2, 0.25) is 0 Å². The number of piperidine rings is 1. The Kier molecular flexibility index (Phi) is 6.30. The van der Waals surface area contributed by atoms with Crippen LogP contribution in [0.3, 0.4) is 0 Å². The molecule has 1 fully saturated rings. The lowest BCUT2D eigenvalue weighted by Crippen LogP contribution is -2.37. The van der Waals surface area contributed by atoms with Gasteiger partial charge in [0.05, 0.1) is 6.61 Å². The number of nitrogens with one attached hydrogen (secondary N) is 1. The summed E-state index contributed by atoms with van der Waals surface area (Å²) in [7, 11) is 0. The van der Waals surface area contributed by atoms with Gasteiger partial charge in [-0.05, 0) is 66.0 Å². The monoisotopic (exact) mass is 419 g/mol. The zero-order valence-corrected chi connectivity index (χ0v) is 18.9. The highest BCUT2D eigenvalue weighted by atomic mass is 16.5. The molecule has 1 N–H and O–H groups in total. The fraction of sp³-hybridized carbons (Fsp3) is 0.462. The van der Waals surface area contributed by atoms with E-state index in [9.17, 15) is 4.79 Å². The summed E-state index contributed by atoms with van der Waals surface area (Å²) in [4.78, 5) is 22.3. The molecule has 3 aromatic rings. The van der Waals surface area contributed by atoms with Crippen molar-refractivity contribution in [2.24, 2.45) is 0 Å². The van der Waals surface area contributed by atoms with Gasteiger partial charge in [0.2, 0.25) is 5.91 Å². The summed E-state index contributed by atoms with van der Waals surface area (Å²) in [6.45, 7) is 8.83. The van der Waals surface area contributed by atoms with Gasteiger partial charge in [-0.25, -0.2) is 4.98 Å². The van der Waals surface area contributed by atoms with Crippen molar-refractivity contribution >= 4 is 16.9 Å². The number of fused-ring (bicyclic) bond motifs is 1. The van der Waals surface area contributed by atoms with E-state index in [2.05, 4.69) is 55.1 Å². The maximum Gasteiger partial charge on any atom is 0.222 e. The van der Waals surface area contributed by atoms with Crippen molar-refractivity contribution in [1.82, 2.24) is 14.9 Å². The molecule has 3 heterocycles. The highest BCUT2D eigenvalue weighted by Crippen LogP contribution is 2.32. The Morgan fingerprint density at radius 3 is 2.61 bits per heavy atom. The number of aromatic amines is 1. The molecule has 5 nitrogen and oxygen atoms in total. The van der Waals surface area contributed by atoms with E-state index in [1.54, 1.807) is 0 Å². The molecule has 31 heavy (non-hydrogen) atoms. The van der Waals surface area contributed by atoms with Gasteiger partial charge in [-0.15, -0.1) is 0 Å². The quantitative estimate of drug-likeness (QED) is 0.542. The number of benzene rings is 1. The van der Waals surface area contributed by atoms with Crippen molar-refractivity contribution in [2.75, 3.05) is 19.7 Å². The summed E-state index contributed by atoms with van der Waals surface area (Å²) in [6, 6.07) is 12.4. The largest absolute Gasteiger partial charge is 0.494 e. The number of pyridine rings is 1. The average Bonchev–Trinajstić information content (AvgIpc) is 3.20. The van der Waals surface area contributed by atoms with Crippen molar-refractivity contribution < 1.29 is 9.53 Å². The van der Waals surface area contributed by atoms with E-state index < -0.39 is 0 Å². The summed E-state index contributed by atoms with van der Waals surface area (Å²) in [5.41, 5.74) is 3.72. The molecule has 4 rings (SSSR count). The maximum atomic E-state index is 12.6. The lowest BCUT2D eigenvalue weighted by atomic mass is 9.87. The van der Waals surface area contributed by atoms with E-state index >= 15 is 0 Å². The predicted molar refractivity (Wildman–Crippen MR) is 125 cm³/mol. The van der Waals surface area contributed by atoms with Crippen molar-refractivity contribution in [1.29, 1.82) is 0 Å². The number of nitrogens with zero attached hydrogens (tertiary/aromatic N) is 2. The van der Waals surface area contributed by atoms with Gasteiger partial charge in [-0.3, -0.25) is 4.79 Å². The molecule has 0 unspecified atom stereocenters. The van der Waals surface area contributed by atoms with Gasteiger partial charge in [0.15, 0.2) is 0 Å². The van der Waals surface area contributed by atoms with Crippen molar-refractivity contribution in [3.8, 4) is 5.75 Å². The molecule has 0 bridgehead atoms. The second-order valence-electron chi connectivity index (χ2n) is 9.53. The SMILES string of the molecule is CC(C)(C)c1ccc(OCCCC(=O)N2CCC(c3c[nH]c4ncccc34)CC2)cc1. The van der Waals surface area contributed by atoms with Crippen molar-refractivity contribution in [3.63, 3.8) is 0 Å². The minimum absolute atomic E-state index is 0.142. The number of H-pyrrole nitrogens is 1. The smallest absolute Gasteiger partial charge is 0.222 e. The van der Waals surface area contributed by atoms with Crippen LogP contribution in [-0.4, -0.2) is 40.5 Å². The number of likely N-dealkylation sites (tertiary alicyclic amines) is 1. The van der Waals surface area contributed by atoms with Crippen LogP contribution in [0.25, 0.3) is 11.0 Å². The first kappa shape index (κ1) is 21.4. The minimum atomic E-state index is 0.142. The van der Waals surface area contributed by atoms with Gasteiger partial charge < -0.3 is 14.6 Å². The van der Waals surface area contributed by atoms with Crippen molar-refractivity contribution in [2.45, 2.75) is 57.8 Å². The Labute approximate surface area is 184 Å². The molecule has 0 aliphatic carbocycles. The molecule has 0 saturated carbocycles.